The first-order valence-corrected chi connectivity index (χ1v) is 10.7. The van der Waals surface area contributed by atoms with E-state index >= 15 is 0 Å². The van der Waals surface area contributed by atoms with Gasteiger partial charge in [-0.1, -0.05) is 38.0 Å². The molecule has 0 aliphatic carbocycles. The lowest BCUT2D eigenvalue weighted by molar-refractivity contribution is 0.102. The van der Waals surface area contributed by atoms with Gasteiger partial charge < -0.3 is 9.15 Å². The zero-order valence-corrected chi connectivity index (χ0v) is 17.7. The van der Waals surface area contributed by atoms with Crippen molar-refractivity contribution in [1.82, 2.24) is 10.2 Å². The molecule has 3 rings (SSSR count). The van der Waals surface area contributed by atoms with Gasteiger partial charge in [-0.15, -0.1) is 10.2 Å². The normalized spacial score (nSPS) is 12.1. The molecule has 154 valence electrons. The third-order valence-corrected chi connectivity index (χ3v) is 5.68. The van der Waals surface area contributed by atoms with Crippen LogP contribution < -0.4 is 15.7 Å². The number of nitrogens with one attached hydrogen (secondary N) is 1. The Morgan fingerprint density at radius 1 is 1.24 bits per heavy atom. The number of carbonyl (C=O) groups excluding carboxylic acids is 1. The first-order chi connectivity index (χ1) is 14.0. The number of amides is 1. The Labute approximate surface area is 173 Å². The van der Waals surface area contributed by atoms with Crippen LogP contribution in [0.15, 0.2) is 33.5 Å². The van der Waals surface area contributed by atoms with Gasteiger partial charge in [0.25, 0.3) is 5.91 Å². The molecule has 0 aliphatic heterocycles. The minimum Gasteiger partial charge on any atom is -0.494 e. The van der Waals surface area contributed by atoms with Gasteiger partial charge in [0.05, 0.1) is 12.2 Å². The van der Waals surface area contributed by atoms with Crippen LogP contribution in [-0.4, -0.2) is 22.7 Å². The van der Waals surface area contributed by atoms with E-state index in [1.54, 1.807) is 18.2 Å². The molecule has 1 amide bonds. The third kappa shape index (κ3) is 5.00. The van der Waals surface area contributed by atoms with Gasteiger partial charge in [0.1, 0.15) is 16.3 Å². The summed E-state index contributed by atoms with van der Waals surface area (Å²) in [6.07, 6.45) is 4.31. The highest BCUT2D eigenvalue weighted by atomic mass is 32.1. The standard InChI is InChI=1S/C21H25N3O4S/c1-4-7-8-13(5-2)20-23-24-21(29-20)22-19(26)16-12-18(25)28-17-11-14(27-6-3)9-10-15(16)17/h9-13H,4-8H2,1-3H3,(H,22,24,26). The largest absolute Gasteiger partial charge is 0.494 e. The van der Waals surface area contributed by atoms with Crippen molar-refractivity contribution in [3.8, 4) is 5.75 Å². The van der Waals surface area contributed by atoms with Gasteiger partial charge >= 0.3 is 5.63 Å². The summed E-state index contributed by atoms with van der Waals surface area (Å²) in [6, 6.07) is 6.25. The Hall–Kier alpha value is -2.74. The molecule has 1 atom stereocenters. The summed E-state index contributed by atoms with van der Waals surface area (Å²) < 4.78 is 10.7. The van der Waals surface area contributed by atoms with E-state index in [0.717, 1.165) is 30.7 Å². The Morgan fingerprint density at radius 2 is 2.07 bits per heavy atom. The van der Waals surface area contributed by atoms with Crippen LogP contribution in [0.3, 0.4) is 0 Å². The van der Waals surface area contributed by atoms with Gasteiger partial charge in [-0.3, -0.25) is 10.1 Å². The molecule has 0 saturated heterocycles. The predicted octanol–water partition coefficient (Wildman–Crippen LogP) is 4.98. The smallest absolute Gasteiger partial charge is 0.337 e. The van der Waals surface area contributed by atoms with E-state index in [1.165, 1.54) is 17.4 Å². The number of hydrogen-bond donors (Lipinski definition) is 1. The average Bonchev–Trinajstić information content (AvgIpc) is 3.16. The number of unbranched alkanes of at least 4 members (excludes halogenated alkanes) is 1. The van der Waals surface area contributed by atoms with Crippen LogP contribution in [-0.2, 0) is 0 Å². The lowest BCUT2D eigenvalue weighted by Crippen LogP contribution is -2.15. The highest BCUT2D eigenvalue weighted by molar-refractivity contribution is 7.15. The Morgan fingerprint density at radius 3 is 2.79 bits per heavy atom. The lowest BCUT2D eigenvalue weighted by Gasteiger charge is -2.09. The first-order valence-electron chi connectivity index (χ1n) is 9.91. The van der Waals surface area contributed by atoms with Crippen LogP contribution in [0, 0.1) is 0 Å². The zero-order valence-electron chi connectivity index (χ0n) is 16.9. The molecule has 0 fully saturated rings. The lowest BCUT2D eigenvalue weighted by atomic mass is 10.0. The van der Waals surface area contributed by atoms with Crippen LogP contribution >= 0.6 is 11.3 Å². The molecule has 2 heterocycles. The second kappa shape index (κ2) is 9.65. The molecule has 3 aromatic rings. The number of aromatic nitrogens is 2. The van der Waals surface area contributed by atoms with Crippen LogP contribution in [0.25, 0.3) is 11.0 Å². The number of anilines is 1. The van der Waals surface area contributed by atoms with E-state index in [9.17, 15) is 9.59 Å². The van der Waals surface area contributed by atoms with Gasteiger partial charge in [-0.2, -0.15) is 0 Å². The Balaban J connectivity index is 1.84. The number of hydrogen-bond acceptors (Lipinski definition) is 7. The summed E-state index contributed by atoms with van der Waals surface area (Å²) in [5, 5.41) is 13.0. The van der Waals surface area contributed by atoms with Gasteiger partial charge in [-0.25, -0.2) is 4.79 Å². The molecule has 0 bridgehead atoms. The molecular formula is C21H25N3O4S. The van der Waals surface area contributed by atoms with Crippen molar-refractivity contribution < 1.29 is 13.9 Å². The van der Waals surface area contributed by atoms with E-state index in [-0.39, 0.29) is 5.56 Å². The van der Waals surface area contributed by atoms with Gasteiger partial charge in [0, 0.05) is 23.4 Å². The van der Waals surface area contributed by atoms with E-state index in [2.05, 4.69) is 29.4 Å². The molecule has 8 heteroatoms. The van der Waals surface area contributed by atoms with Crippen LogP contribution in [0.4, 0.5) is 5.13 Å². The number of ether oxygens (including phenoxy) is 1. The molecule has 1 unspecified atom stereocenters. The number of benzene rings is 1. The van der Waals surface area contributed by atoms with Crippen molar-refractivity contribution in [2.75, 3.05) is 11.9 Å². The fourth-order valence-corrected chi connectivity index (χ4v) is 4.11. The van der Waals surface area contributed by atoms with Gasteiger partial charge in [0.2, 0.25) is 5.13 Å². The summed E-state index contributed by atoms with van der Waals surface area (Å²) in [5.41, 5.74) is -0.0638. The van der Waals surface area contributed by atoms with Crippen LogP contribution in [0.1, 0.15) is 67.7 Å². The summed E-state index contributed by atoms with van der Waals surface area (Å²) in [5.74, 6) is 0.503. The van der Waals surface area contributed by atoms with Crippen molar-refractivity contribution in [3.63, 3.8) is 0 Å². The number of rotatable bonds is 9. The molecule has 0 aliphatic rings. The van der Waals surface area contributed by atoms with Crippen molar-refractivity contribution >= 4 is 33.3 Å². The Bertz CT molecular complexity index is 1040. The minimum atomic E-state index is -0.597. The second-order valence-electron chi connectivity index (χ2n) is 6.72. The molecule has 7 nitrogen and oxygen atoms in total. The SMILES string of the molecule is CCCCC(CC)c1nnc(NC(=O)c2cc(=O)oc3cc(OCC)ccc23)s1. The highest BCUT2D eigenvalue weighted by Crippen LogP contribution is 2.30. The maximum absolute atomic E-state index is 12.8. The van der Waals surface area contributed by atoms with Gasteiger partial charge in [0.15, 0.2) is 0 Å². The number of carbonyl (C=O) groups is 1. The molecule has 2 aromatic heterocycles. The quantitative estimate of drug-likeness (QED) is 0.495. The number of fused-ring (bicyclic) bond motifs is 1. The summed E-state index contributed by atoms with van der Waals surface area (Å²) in [7, 11) is 0. The fourth-order valence-electron chi connectivity index (χ4n) is 3.15. The van der Waals surface area contributed by atoms with Crippen molar-refractivity contribution in [2.45, 2.75) is 52.4 Å². The topological polar surface area (TPSA) is 94.3 Å². The summed E-state index contributed by atoms with van der Waals surface area (Å²) in [6.45, 7) is 6.65. The molecule has 0 spiro atoms. The maximum Gasteiger partial charge on any atom is 0.337 e. The van der Waals surface area contributed by atoms with E-state index in [4.69, 9.17) is 9.15 Å². The minimum absolute atomic E-state index is 0.231. The van der Waals surface area contributed by atoms with Crippen molar-refractivity contribution in [1.29, 1.82) is 0 Å². The second-order valence-corrected chi connectivity index (χ2v) is 7.73. The molecule has 1 N–H and O–H groups in total. The highest BCUT2D eigenvalue weighted by Gasteiger charge is 2.18. The molecule has 0 saturated carbocycles. The van der Waals surface area contributed by atoms with Crippen molar-refractivity contribution in [2.24, 2.45) is 0 Å². The monoisotopic (exact) mass is 415 g/mol. The van der Waals surface area contributed by atoms with Gasteiger partial charge in [-0.05, 0) is 31.9 Å². The third-order valence-electron chi connectivity index (χ3n) is 4.68. The van der Waals surface area contributed by atoms with E-state index in [0.29, 0.717) is 34.4 Å². The van der Waals surface area contributed by atoms with Crippen molar-refractivity contribution in [3.05, 3.63) is 45.3 Å². The maximum atomic E-state index is 12.8. The van der Waals surface area contributed by atoms with E-state index < -0.39 is 11.5 Å². The predicted molar refractivity (Wildman–Crippen MR) is 114 cm³/mol. The van der Waals surface area contributed by atoms with Crippen LogP contribution in [0.2, 0.25) is 0 Å². The number of nitrogens with zero attached hydrogens (tertiary/aromatic N) is 2. The fraction of sp³-hybridized carbons (Fsp3) is 0.429. The molecule has 0 radical (unpaired) electrons. The molecular weight excluding hydrogens is 390 g/mol. The van der Waals surface area contributed by atoms with Crippen LogP contribution in [0.5, 0.6) is 5.75 Å². The molecule has 29 heavy (non-hydrogen) atoms. The first kappa shape index (κ1) is 21.0. The summed E-state index contributed by atoms with van der Waals surface area (Å²) >= 11 is 1.38. The average molecular weight is 416 g/mol. The Kier molecular flexibility index (Phi) is 6.98. The zero-order chi connectivity index (χ0) is 20.8. The molecule has 1 aromatic carbocycles. The van der Waals surface area contributed by atoms with E-state index in [1.807, 2.05) is 6.92 Å². The summed E-state index contributed by atoms with van der Waals surface area (Å²) in [4.78, 5) is 24.8.